The zero-order valence-corrected chi connectivity index (χ0v) is 10.8. The second-order valence-electron chi connectivity index (χ2n) is 4.55. The first-order valence-electron chi connectivity index (χ1n) is 4.81. The average Bonchev–Trinajstić information content (AvgIpc) is 2.15. The number of benzene rings is 1. The number of rotatable bonds is 3. The van der Waals surface area contributed by atoms with Crippen LogP contribution in [0.4, 0.5) is 0 Å². The number of hydrogen-bond donors (Lipinski definition) is 0. The molecule has 1 aromatic rings. The van der Waals surface area contributed by atoms with Gasteiger partial charge in [0.2, 0.25) is 0 Å². The van der Waals surface area contributed by atoms with Crippen LogP contribution in [0.15, 0.2) is 42.1 Å². The fourth-order valence-electron chi connectivity index (χ4n) is 1.20. The SMILES string of the molecule is C=C(C(Cl)c1ccccc1)[Si](C)(C)C. The quantitative estimate of drug-likeness (QED) is 0.528. The van der Waals surface area contributed by atoms with Crippen LogP contribution in [0.2, 0.25) is 19.6 Å². The van der Waals surface area contributed by atoms with Gasteiger partial charge in [0.05, 0.1) is 13.5 Å². The zero-order chi connectivity index (χ0) is 10.8. The van der Waals surface area contributed by atoms with Crippen LogP contribution in [0, 0.1) is 0 Å². The lowest BCUT2D eigenvalue weighted by Crippen LogP contribution is -2.25. The predicted octanol–water partition coefficient (Wildman–Crippen LogP) is 4.40. The first-order valence-corrected chi connectivity index (χ1v) is 8.75. The van der Waals surface area contributed by atoms with Crippen molar-refractivity contribution < 1.29 is 0 Å². The Labute approximate surface area is 92.6 Å². The summed E-state index contributed by atoms with van der Waals surface area (Å²) in [4.78, 5) is 0. The summed E-state index contributed by atoms with van der Waals surface area (Å²) in [7, 11) is -1.33. The molecule has 0 nitrogen and oxygen atoms in total. The molecule has 0 N–H and O–H groups in total. The Kier molecular flexibility index (Phi) is 3.57. The van der Waals surface area contributed by atoms with Gasteiger partial charge in [0.15, 0.2) is 0 Å². The van der Waals surface area contributed by atoms with Crippen LogP contribution in [0.3, 0.4) is 0 Å². The molecule has 1 aromatic carbocycles. The molecule has 2 heteroatoms. The minimum Gasteiger partial charge on any atom is -0.113 e. The molecule has 0 spiro atoms. The Balaban J connectivity index is 2.87. The van der Waals surface area contributed by atoms with Crippen molar-refractivity contribution in [2.75, 3.05) is 0 Å². The molecule has 0 fully saturated rings. The summed E-state index contributed by atoms with van der Waals surface area (Å²) in [5.74, 6) is 0. The van der Waals surface area contributed by atoms with E-state index in [2.05, 4.69) is 38.4 Å². The maximum absolute atomic E-state index is 6.38. The third kappa shape index (κ3) is 2.73. The van der Waals surface area contributed by atoms with E-state index in [1.165, 1.54) is 5.20 Å². The van der Waals surface area contributed by atoms with Crippen LogP contribution in [-0.4, -0.2) is 8.07 Å². The third-order valence-electron chi connectivity index (χ3n) is 2.36. The molecule has 0 saturated carbocycles. The van der Waals surface area contributed by atoms with Gasteiger partial charge >= 0.3 is 0 Å². The monoisotopic (exact) mass is 224 g/mol. The molecular weight excluding hydrogens is 208 g/mol. The molecule has 0 saturated heterocycles. The highest BCUT2D eigenvalue weighted by Gasteiger charge is 2.24. The van der Waals surface area contributed by atoms with E-state index < -0.39 is 8.07 Å². The molecule has 0 aromatic heterocycles. The molecule has 0 aliphatic rings. The van der Waals surface area contributed by atoms with E-state index in [0.29, 0.717) is 0 Å². The lowest BCUT2D eigenvalue weighted by atomic mass is 10.1. The summed E-state index contributed by atoms with van der Waals surface area (Å²) in [6, 6.07) is 10.2. The highest BCUT2D eigenvalue weighted by molar-refractivity contribution is 6.83. The maximum atomic E-state index is 6.38. The normalized spacial score (nSPS) is 13.7. The van der Waals surface area contributed by atoms with Gasteiger partial charge in [-0.15, -0.1) is 18.2 Å². The smallest absolute Gasteiger partial charge is 0.0758 e. The summed E-state index contributed by atoms with van der Waals surface area (Å²) >= 11 is 6.38. The van der Waals surface area contributed by atoms with Crippen molar-refractivity contribution in [3.05, 3.63) is 47.7 Å². The molecule has 0 aliphatic heterocycles. The Morgan fingerprint density at radius 3 is 2.14 bits per heavy atom. The van der Waals surface area contributed by atoms with Crippen molar-refractivity contribution in [1.29, 1.82) is 0 Å². The van der Waals surface area contributed by atoms with Crippen LogP contribution >= 0.6 is 11.6 Å². The average molecular weight is 225 g/mol. The number of allylic oxidation sites excluding steroid dienone is 1. The van der Waals surface area contributed by atoms with Crippen molar-refractivity contribution in [3.8, 4) is 0 Å². The summed E-state index contributed by atoms with van der Waals surface area (Å²) in [5.41, 5.74) is 1.15. The Bertz CT molecular complexity index is 311. The van der Waals surface area contributed by atoms with Crippen LogP contribution < -0.4 is 0 Å². The van der Waals surface area contributed by atoms with E-state index in [9.17, 15) is 0 Å². The number of halogens is 1. The van der Waals surface area contributed by atoms with Crippen LogP contribution in [0.5, 0.6) is 0 Å². The van der Waals surface area contributed by atoms with E-state index in [1.54, 1.807) is 0 Å². The largest absolute Gasteiger partial charge is 0.113 e. The Hall–Kier alpha value is -0.533. The van der Waals surface area contributed by atoms with Crippen molar-refractivity contribution >= 4 is 19.7 Å². The fourth-order valence-corrected chi connectivity index (χ4v) is 3.26. The minimum atomic E-state index is -1.33. The van der Waals surface area contributed by atoms with Gasteiger partial charge in [-0.05, 0) is 5.56 Å². The molecule has 0 amide bonds. The molecule has 0 heterocycles. The van der Waals surface area contributed by atoms with E-state index in [1.807, 2.05) is 18.2 Å². The highest BCUT2D eigenvalue weighted by Crippen LogP contribution is 2.32. The molecule has 1 unspecified atom stereocenters. The van der Waals surface area contributed by atoms with Gasteiger partial charge in [-0.3, -0.25) is 0 Å². The minimum absolute atomic E-state index is 0.0251. The van der Waals surface area contributed by atoms with Gasteiger partial charge in [0, 0.05) is 0 Å². The molecule has 76 valence electrons. The molecule has 1 rings (SSSR count). The summed E-state index contributed by atoms with van der Waals surface area (Å²) < 4.78 is 0. The van der Waals surface area contributed by atoms with Gasteiger partial charge in [0.25, 0.3) is 0 Å². The van der Waals surface area contributed by atoms with Crippen molar-refractivity contribution in [2.24, 2.45) is 0 Å². The van der Waals surface area contributed by atoms with Gasteiger partial charge < -0.3 is 0 Å². The van der Waals surface area contributed by atoms with E-state index in [0.717, 1.165) is 5.56 Å². The van der Waals surface area contributed by atoms with Gasteiger partial charge in [-0.2, -0.15) is 0 Å². The van der Waals surface area contributed by atoms with Gasteiger partial charge in [-0.1, -0.05) is 55.2 Å². The predicted molar refractivity (Wildman–Crippen MR) is 67.5 cm³/mol. The van der Waals surface area contributed by atoms with Crippen LogP contribution in [-0.2, 0) is 0 Å². The van der Waals surface area contributed by atoms with E-state index in [4.69, 9.17) is 11.6 Å². The number of hydrogen-bond acceptors (Lipinski definition) is 0. The number of alkyl halides is 1. The lowest BCUT2D eigenvalue weighted by Gasteiger charge is -2.24. The molecular formula is C12H17ClSi. The molecule has 1 atom stereocenters. The summed E-state index contributed by atoms with van der Waals surface area (Å²) in [5, 5.41) is 1.17. The van der Waals surface area contributed by atoms with Gasteiger partial charge in [-0.25, -0.2) is 0 Å². The first-order chi connectivity index (χ1) is 6.43. The summed E-state index contributed by atoms with van der Waals surface area (Å²) in [6.07, 6.45) is 0. The molecule has 14 heavy (non-hydrogen) atoms. The van der Waals surface area contributed by atoms with Crippen molar-refractivity contribution in [1.82, 2.24) is 0 Å². The standard InChI is InChI=1S/C12H17ClSi/c1-10(14(2,3)4)12(13)11-8-6-5-7-9-11/h5-9,12H,1H2,2-4H3. The zero-order valence-electron chi connectivity index (χ0n) is 9.05. The highest BCUT2D eigenvalue weighted by atomic mass is 35.5. The van der Waals surface area contributed by atoms with E-state index >= 15 is 0 Å². The lowest BCUT2D eigenvalue weighted by molar-refractivity contribution is 1.17. The summed E-state index contributed by atoms with van der Waals surface area (Å²) in [6.45, 7) is 10.9. The molecule has 0 radical (unpaired) electrons. The second-order valence-corrected chi connectivity index (χ2v) is 10.1. The Morgan fingerprint density at radius 2 is 1.71 bits per heavy atom. The Morgan fingerprint density at radius 1 is 1.21 bits per heavy atom. The van der Waals surface area contributed by atoms with Crippen molar-refractivity contribution in [2.45, 2.75) is 25.0 Å². The maximum Gasteiger partial charge on any atom is 0.0758 e. The topological polar surface area (TPSA) is 0 Å². The molecule has 0 aliphatic carbocycles. The van der Waals surface area contributed by atoms with Crippen LogP contribution in [0.25, 0.3) is 0 Å². The van der Waals surface area contributed by atoms with Gasteiger partial charge in [0.1, 0.15) is 0 Å². The second kappa shape index (κ2) is 4.33. The third-order valence-corrected chi connectivity index (χ3v) is 5.28. The van der Waals surface area contributed by atoms with E-state index in [-0.39, 0.29) is 5.38 Å². The first kappa shape index (κ1) is 11.5. The van der Waals surface area contributed by atoms with Crippen molar-refractivity contribution in [3.63, 3.8) is 0 Å². The molecule has 0 bridgehead atoms. The van der Waals surface area contributed by atoms with Crippen LogP contribution in [0.1, 0.15) is 10.9 Å². The fraction of sp³-hybridized carbons (Fsp3) is 0.333.